The van der Waals surface area contributed by atoms with Crippen molar-refractivity contribution in [3.8, 4) is 5.75 Å². The molecule has 0 fully saturated rings. The number of benzene rings is 1. The number of halogens is 2. The number of aromatic hydroxyl groups is 1. The summed E-state index contributed by atoms with van der Waals surface area (Å²) in [5, 5.41) is 17.0. The van der Waals surface area contributed by atoms with Crippen LogP contribution < -0.4 is 5.32 Å². The van der Waals surface area contributed by atoms with Gasteiger partial charge in [-0.05, 0) is 19.1 Å². The highest BCUT2D eigenvalue weighted by atomic mass is 35.5. The Bertz CT molecular complexity index is 572. The Labute approximate surface area is 126 Å². The molecule has 0 saturated heterocycles. The number of hydrogen-bond donors (Lipinski definition) is 2. The molecule has 1 heterocycles. The van der Waals surface area contributed by atoms with Gasteiger partial charge in [0.05, 0.1) is 10.0 Å². The van der Waals surface area contributed by atoms with E-state index >= 15 is 0 Å². The zero-order valence-electron chi connectivity index (χ0n) is 10.4. The lowest BCUT2D eigenvalue weighted by Crippen LogP contribution is -2.16. The molecule has 19 heavy (non-hydrogen) atoms. The molecule has 0 aliphatic carbocycles. The average Bonchev–Trinajstić information content (AvgIpc) is 2.76. The third-order valence-corrected chi connectivity index (χ3v) is 4.14. The summed E-state index contributed by atoms with van der Waals surface area (Å²) in [6, 6.07) is 3.24. The molecule has 0 aliphatic rings. The highest BCUT2D eigenvalue weighted by Gasteiger charge is 2.07. The van der Waals surface area contributed by atoms with Gasteiger partial charge in [-0.25, -0.2) is 4.98 Å². The molecule has 0 aliphatic heterocycles. The van der Waals surface area contributed by atoms with Crippen LogP contribution in [0.3, 0.4) is 0 Å². The number of hydrogen-bond acceptors (Lipinski definition) is 4. The monoisotopic (exact) mass is 316 g/mol. The number of phenolic OH excluding ortho intramolecular Hbond substituents is 1. The molecule has 0 spiro atoms. The molecule has 0 unspecified atom stereocenters. The molecule has 0 saturated carbocycles. The largest absolute Gasteiger partial charge is 0.506 e. The summed E-state index contributed by atoms with van der Waals surface area (Å²) in [6.07, 6.45) is 0.869. The van der Waals surface area contributed by atoms with E-state index in [0.29, 0.717) is 17.1 Å². The molecule has 1 aromatic heterocycles. The lowest BCUT2D eigenvalue weighted by atomic mass is 10.2. The maximum Gasteiger partial charge on any atom is 0.138 e. The quantitative estimate of drug-likeness (QED) is 0.825. The lowest BCUT2D eigenvalue weighted by Gasteiger charge is -2.08. The topological polar surface area (TPSA) is 45.1 Å². The fourth-order valence-electron chi connectivity index (χ4n) is 1.69. The van der Waals surface area contributed by atoms with E-state index in [1.54, 1.807) is 17.4 Å². The molecular formula is C13H14Cl2N2OS. The van der Waals surface area contributed by atoms with Crippen LogP contribution in [0.1, 0.15) is 16.3 Å². The van der Waals surface area contributed by atoms with E-state index in [0.717, 1.165) is 23.7 Å². The second kappa shape index (κ2) is 6.57. The van der Waals surface area contributed by atoms with E-state index < -0.39 is 0 Å². The van der Waals surface area contributed by atoms with Gasteiger partial charge in [0.25, 0.3) is 0 Å². The Morgan fingerprint density at radius 3 is 2.84 bits per heavy atom. The Balaban J connectivity index is 1.86. The summed E-state index contributed by atoms with van der Waals surface area (Å²) in [6.45, 7) is 3.30. The van der Waals surface area contributed by atoms with Gasteiger partial charge >= 0.3 is 0 Å². The van der Waals surface area contributed by atoms with Gasteiger partial charge in [0.15, 0.2) is 0 Å². The summed E-state index contributed by atoms with van der Waals surface area (Å²) in [7, 11) is 0. The van der Waals surface area contributed by atoms with Crippen molar-refractivity contribution in [2.75, 3.05) is 6.54 Å². The normalized spacial score (nSPS) is 10.9. The second-order valence-corrected chi connectivity index (χ2v) is 5.99. The van der Waals surface area contributed by atoms with Crippen molar-refractivity contribution in [1.82, 2.24) is 10.3 Å². The summed E-state index contributed by atoms with van der Waals surface area (Å²) < 4.78 is 0. The third kappa shape index (κ3) is 4.08. The Morgan fingerprint density at radius 1 is 1.37 bits per heavy atom. The van der Waals surface area contributed by atoms with Crippen molar-refractivity contribution in [2.45, 2.75) is 19.9 Å². The second-order valence-electron chi connectivity index (χ2n) is 4.20. The standard InChI is InChI=1S/C13H14Cl2N2OS/c1-8-7-19-12(17-8)2-3-16-6-9-4-10(14)5-11(15)13(9)18/h4-5,7,16,18H,2-3,6H2,1H3. The zero-order chi connectivity index (χ0) is 13.8. The van der Waals surface area contributed by atoms with Crippen molar-refractivity contribution < 1.29 is 5.11 Å². The summed E-state index contributed by atoms with van der Waals surface area (Å²) in [4.78, 5) is 4.39. The predicted octanol–water partition coefficient (Wildman–Crippen LogP) is 3.80. The molecule has 0 radical (unpaired) electrons. The minimum Gasteiger partial charge on any atom is -0.506 e. The molecule has 1 aromatic carbocycles. The summed E-state index contributed by atoms with van der Waals surface area (Å²) >= 11 is 13.4. The van der Waals surface area contributed by atoms with Crippen LogP contribution in [0, 0.1) is 6.92 Å². The van der Waals surface area contributed by atoms with Gasteiger partial charge in [0, 0.05) is 41.2 Å². The van der Waals surface area contributed by atoms with Gasteiger partial charge in [-0.3, -0.25) is 0 Å². The number of thiazole rings is 1. The third-order valence-electron chi connectivity index (χ3n) is 2.60. The smallest absolute Gasteiger partial charge is 0.138 e. The maximum atomic E-state index is 9.80. The lowest BCUT2D eigenvalue weighted by molar-refractivity contribution is 0.465. The first-order chi connectivity index (χ1) is 9.06. The van der Waals surface area contributed by atoms with Gasteiger partial charge in [0.1, 0.15) is 5.75 Å². The van der Waals surface area contributed by atoms with Gasteiger partial charge in [-0.2, -0.15) is 0 Å². The van der Waals surface area contributed by atoms with Crippen LogP contribution in [-0.2, 0) is 13.0 Å². The fraction of sp³-hybridized carbons (Fsp3) is 0.308. The van der Waals surface area contributed by atoms with Gasteiger partial charge in [-0.1, -0.05) is 23.2 Å². The highest BCUT2D eigenvalue weighted by Crippen LogP contribution is 2.30. The Hall–Kier alpha value is -0.810. The van der Waals surface area contributed by atoms with Crippen LogP contribution in [0.2, 0.25) is 10.0 Å². The van der Waals surface area contributed by atoms with Gasteiger partial charge < -0.3 is 10.4 Å². The molecule has 0 atom stereocenters. The van der Waals surface area contributed by atoms with E-state index in [-0.39, 0.29) is 10.8 Å². The number of nitrogens with one attached hydrogen (secondary N) is 1. The SMILES string of the molecule is Cc1csc(CCNCc2cc(Cl)cc(Cl)c2O)n1. The molecule has 0 amide bonds. The average molecular weight is 317 g/mol. The van der Waals surface area contributed by atoms with Crippen molar-refractivity contribution in [2.24, 2.45) is 0 Å². The molecule has 0 bridgehead atoms. The summed E-state index contributed by atoms with van der Waals surface area (Å²) in [5.41, 5.74) is 1.76. The molecule has 102 valence electrons. The number of aryl methyl sites for hydroxylation is 1. The van der Waals surface area contributed by atoms with Crippen LogP contribution in [0.15, 0.2) is 17.5 Å². The Morgan fingerprint density at radius 2 is 2.16 bits per heavy atom. The molecule has 6 heteroatoms. The van der Waals surface area contributed by atoms with Gasteiger partial charge in [-0.15, -0.1) is 11.3 Å². The van der Waals surface area contributed by atoms with Crippen LogP contribution in [0.25, 0.3) is 0 Å². The first-order valence-corrected chi connectivity index (χ1v) is 7.48. The van der Waals surface area contributed by atoms with E-state index in [1.807, 2.05) is 12.3 Å². The van der Waals surface area contributed by atoms with E-state index in [4.69, 9.17) is 23.2 Å². The van der Waals surface area contributed by atoms with Crippen molar-refractivity contribution >= 4 is 34.5 Å². The van der Waals surface area contributed by atoms with Crippen LogP contribution in [0.4, 0.5) is 0 Å². The number of rotatable bonds is 5. The Kier molecular flexibility index (Phi) is 5.05. The fourth-order valence-corrected chi connectivity index (χ4v) is 3.00. The van der Waals surface area contributed by atoms with Crippen molar-refractivity contribution in [1.29, 1.82) is 0 Å². The number of phenols is 1. The molecule has 2 N–H and O–H groups in total. The van der Waals surface area contributed by atoms with E-state index in [9.17, 15) is 5.11 Å². The predicted molar refractivity (Wildman–Crippen MR) is 80.4 cm³/mol. The molecular weight excluding hydrogens is 303 g/mol. The van der Waals surface area contributed by atoms with E-state index in [1.165, 1.54) is 6.07 Å². The van der Waals surface area contributed by atoms with E-state index in [2.05, 4.69) is 10.3 Å². The van der Waals surface area contributed by atoms with Crippen LogP contribution in [0.5, 0.6) is 5.75 Å². The molecule has 2 aromatic rings. The minimum atomic E-state index is 0.0867. The van der Waals surface area contributed by atoms with Crippen LogP contribution >= 0.6 is 34.5 Å². The first-order valence-electron chi connectivity index (χ1n) is 5.85. The summed E-state index contributed by atoms with van der Waals surface area (Å²) in [5.74, 6) is 0.0867. The molecule has 3 nitrogen and oxygen atoms in total. The minimum absolute atomic E-state index is 0.0867. The van der Waals surface area contributed by atoms with Crippen LogP contribution in [-0.4, -0.2) is 16.6 Å². The maximum absolute atomic E-state index is 9.80. The van der Waals surface area contributed by atoms with Gasteiger partial charge in [0.2, 0.25) is 0 Å². The van der Waals surface area contributed by atoms with Crippen molar-refractivity contribution in [3.05, 3.63) is 43.8 Å². The highest BCUT2D eigenvalue weighted by molar-refractivity contribution is 7.09. The number of nitrogens with zero attached hydrogens (tertiary/aromatic N) is 1. The molecule has 2 rings (SSSR count). The van der Waals surface area contributed by atoms with Crippen molar-refractivity contribution in [3.63, 3.8) is 0 Å². The zero-order valence-corrected chi connectivity index (χ0v) is 12.7. The first kappa shape index (κ1) is 14.6. The number of aromatic nitrogens is 1.